The van der Waals surface area contributed by atoms with Gasteiger partial charge in [0.2, 0.25) is 0 Å². The van der Waals surface area contributed by atoms with E-state index >= 15 is 0 Å². The van der Waals surface area contributed by atoms with Gasteiger partial charge in [0.15, 0.2) is 0 Å². The molecule has 1 heterocycles. The highest BCUT2D eigenvalue weighted by molar-refractivity contribution is 7.80. The summed E-state index contributed by atoms with van der Waals surface area (Å²) in [5, 5.41) is 1.82. The molecule has 0 radical (unpaired) electrons. The second-order valence-corrected chi connectivity index (χ2v) is 4.53. The summed E-state index contributed by atoms with van der Waals surface area (Å²) in [7, 11) is 1.66. The van der Waals surface area contributed by atoms with Crippen LogP contribution in [0, 0.1) is 0 Å². The number of hydrogen-bond acceptors (Lipinski definition) is 3. The minimum atomic E-state index is -0.181. The first kappa shape index (κ1) is 12.4. The van der Waals surface area contributed by atoms with E-state index in [4.69, 9.17) is 18.0 Å². The van der Waals surface area contributed by atoms with Crippen molar-refractivity contribution in [3.05, 3.63) is 42.2 Å². The number of pyridine rings is 1. The molecule has 0 aliphatic rings. The molecule has 0 unspecified atom stereocenters. The molecule has 0 spiro atoms. The van der Waals surface area contributed by atoms with Gasteiger partial charge in [0.1, 0.15) is 5.69 Å². The molecule has 0 atom stereocenters. The molecular formula is C13H13N3OS. The van der Waals surface area contributed by atoms with Crippen LogP contribution in [0.2, 0.25) is 0 Å². The molecule has 0 bridgehead atoms. The van der Waals surface area contributed by atoms with E-state index in [1.807, 2.05) is 30.3 Å². The lowest BCUT2D eigenvalue weighted by atomic mass is 10.1. The Bertz CT molecular complexity index is 607. The van der Waals surface area contributed by atoms with Crippen molar-refractivity contribution in [1.82, 2.24) is 9.88 Å². The van der Waals surface area contributed by atoms with Gasteiger partial charge >= 0.3 is 0 Å². The van der Waals surface area contributed by atoms with Gasteiger partial charge in [0.05, 0.1) is 11.5 Å². The average molecular weight is 259 g/mol. The zero-order valence-electron chi connectivity index (χ0n) is 9.96. The molecule has 1 amide bonds. The number of benzene rings is 1. The van der Waals surface area contributed by atoms with Crippen LogP contribution in [-0.2, 0) is 0 Å². The molecule has 0 saturated carbocycles. The maximum Gasteiger partial charge on any atom is 0.273 e. The highest BCUT2D eigenvalue weighted by Crippen LogP contribution is 2.17. The van der Waals surface area contributed by atoms with Crippen LogP contribution in [0.15, 0.2) is 36.5 Å². The molecule has 18 heavy (non-hydrogen) atoms. The average Bonchev–Trinajstić information content (AvgIpc) is 2.36. The number of thiocarbonyl (C=S) groups is 1. The predicted molar refractivity (Wildman–Crippen MR) is 75.5 cm³/mol. The van der Waals surface area contributed by atoms with Crippen molar-refractivity contribution in [3.63, 3.8) is 0 Å². The third-order valence-corrected chi connectivity index (χ3v) is 2.75. The monoisotopic (exact) mass is 259 g/mol. The van der Waals surface area contributed by atoms with Gasteiger partial charge in [-0.3, -0.25) is 9.78 Å². The quantitative estimate of drug-likeness (QED) is 0.850. The van der Waals surface area contributed by atoms with Crippen LogP contribution in [0.4, 0.5) is 0 Å². The van der Waals surface area contributed by atoms with Crippen molar-refractivity contribution in [3.8, 4) is 0 Å². The topological polar surface area (TPSA) is 59.2 Å². The van der Waals surface area contributed by atoms with Crippen molar-refractivity contribution >= 4 is 33.9 Å². The number of fused-ring (bicyclic) bond motifs is 1. The first-order valence-corrected chi connectivity index (χ1v) is 5.88. The summed E-state index contributed by atoms with van der Waals surface area (Å²) in [6.45, 7) is 0.249. The molecule has 2 aromatic rings. The molecule has 0 aliphatic heterocycles. The fourth-order valence-electron chi connectivity index (χ4n) is 1.78. The Balaban J connectivity index is 2.42. The Labute approximate surface area is 110 Å². The Hall–Kier alpha value is -2.01. The second-order valence-electron chi connectivity index (χ2n) is 4.01. The number of aromatic nitrogens is 1. The number of rotatable bonds is 3. The van der Waals surface area contributed by atoms with Gasteiger partial charge in [-0.05, 0) is 11.5 Å². The molecule has 92 valence electrons. The van der Waals surface area contributed by atoms with Crippen LogP contribution >= 0.6 is 12.2 Å². The van der Waals surface area contributed by atoms with Gasteiger partial charge < -0.3 is 10.6 Å². The van der Waals surface area contributed by atoms with Crippen molar-refractivity contribution < 1.29 is 4.79 Å². The van der Waals surface area contributed by atoms with Crippen LogP contribution in [0.5, 0.6) is 0 Å². The van der Waals surface area contributed by atoms with Gasteiger partial charge in [0, 0.05) is 18.6 Å². The van der Waals surface area contributed by atoms with Gasteiger partial charge in [0.25, 0.3) is 5.91 Å². The number of nitrogens with zero attached hydrogens (tertiary/aromatic N) is 2. The van der Waals surface area contributed by atoms with E-state index in [1.165, 1.54) is 4.90 Å². The fraction of sp³-hybridized carbons (Fsp3) is 0.154. The molecule has 0 aliphatic carbocycles. The molecular weight excluding hydrogens is 246 g/mol. The Morgan fingerprint density at radius 2 is 2.11 bits per heavy atom. The highest BCUT2D eigenvalue weighted by atomic mass is 32.1. The minimum absolute atomic E-state index is 0.181. The number of likely N-dealkylation sites (N-methyl/N-ethyl adjacent to an activating group) is 1. The third-order valence-electron chi connectivity index (χ3n) is 2.62. The Morgan fingerprint density at radius 3 is 2.83 bits per heavy atom. The lowest BCUT2D eigenvalue weighted by molar-refractivity contribution is 0.0811. The van der Waals surface area contributed by atoms with Crippen molar-refractivity contribution in [2.24, 2.45) is 5.73 Å². The van der Waals surface area contributed by atoms with Crippen molar-refractivity contribution in [2.75, 3.05) is 13.6 Å². The lowest BCUT2D eigenvalue weighted by Gasteiger charge is -2.16. The number of hydrogen-bond donors (Lipinski definition) is 1. The first-order chi connectivity index (χ1) is 8.59. The van der Waals surface area contributed by atoms with Crippen molar-refractivity contribution in [2.45, 2.75) is 0 Å². The fourth-order valence-corrected chi connectivity index (χ4v) is 1.97. The van der Waals surface area contributed by atoms with Gasteiger partial charge in [-0.25, -0.2) is 0 Å². The molecule has 2 rings (SSSR count). The van der Waals surface area contributed by atoms with E-state index in [0.717, 1.165) is 10.8 Å². The largest absolute Gasteiger partial charge is 0.392 e. The second kappa shape index (κ2) is 5.10. The van der Waals surface area contributed by atoms with Crippen LogP contribution in [0.25, 0.3) is 10.8 Å². The summed E-state index contributed by atoms with van der Waals surface area (Å²) < 4.78 is 0. The standard InChI is InChI=1S/C13H13N3OS/c1-16(8-11(14)18)13(17)12-10-5-3-2-4-9(10)6-7-15-12/h2-7H,8H2,1H3,(H2,14,18). The zero-order valence-corrected chi connectivity index (χ0v) is 10.8. The normalized spacial score (nSPS) is 10.3. The molecule has 2 N–H and O–H groups in total. The number of carbonyl (C=O) groups is 1. The minimum Gasteiger partial charge on any atom is -0.392 e. The van der Waals surface area contributed by atoms with Crippen LogP contribution in [0.3, 0.4) is 0 Å². The Kier molecular flexibility index (Phi) is 3.53. The van der Waals surface area contributed by atoms with E-state index in [2.05, 4.69) is 4.98 Å². The molecule has 0 fully saturated rings. The summed E-state index contributed by atoms with van der Waals surface area (Å²) in [4.78, 5) is 18.2. The van der Waals surface area contributed by atoms with Crippen LogP contribution < -0.4 is 5.73 Å². The summed E-state index contributed by atoms with van der Waals surface area (Å²) in [6, 6.07) is 9.51. The van der Waals surface area contributed by atoms with Gasteiger partial charge in [-0.2, -0.15) is 0 Å². The molecule has 0 saturated heterocycles. The number of amides is 1. The van der Waals surface area contributed by atoms with E-state index in [9.17, 15) is 4.79 Å². The summed E-state index contributed by atoms with van der Waals surface area (Å²) in [5.41, 5.74) is 5.86. The molecule has 4 nitrogen and oxygen atoms in total. The lowest BCUT2D eigenvalue weighted by Crippen LogP contribution is -2.34. The third kappa shape index (κ3) is 2.46. The van der Waals surface area contributed by atoms with Crippen LogP contribution in [0.1, 0.15) is 10.5 Å². The zero-order chi connectivity index (χ0) is 13.1. The highest BCUT2D eigenvalue weighted by Gasteiger charge is 2.16. The van der Waals surface area contributed by atoms with E-state index in [0.29, 0.717) is 5.69 Å². The summed E-state index contributed by atoms with van der Waals surface area (Å²) in [5.74, 6) is -0.181. The summed E-state index contributed by atoms with van der Waals surface area (Å²) >= 11 is 4.80. The smallest absolute Gasteiger partial charge is 0.273 e. The van der Waals surface area contributed by atoms with Crippen LogP contribution in [-0.4, -0.2) is 34.4 Å². The Morgan fingerprint density at radius 1 is 1.39 bits per heavy atom. The van der Waals surface area contributed by atoms with E-state index < -0.39 is 0 Å². The molecule has 1 aromatic carbocycles. The molecule has 1 aromatic heterocycles. The van der Waals surface area contributed by atoms with Gasteiger partial charge in [-0.1, -0.05) is 36.5 Å². The SMILES string of the molecule is CN(CC(N)=S)C(=O)c1nccc2ccccc12. The van der Waals surface area contributed by atoms with E-state index in [1.54, 1.807) is 13.2 Å². The maximum atomic E-state index is 12.2. The summed E-state index contributed by atoms with van der Waals surface area (Å²) in [6.07, 6.45) is 1.63. The first-order valence-electron chi connectivity index (χ1n) is 5.47. The predicted octanol–water partition coefficient (Wildman–Crippen LogP) is 1.59. The number of carbonyl (C=O) groups excluding carboxylic acids is 1. The van der Waals surface area contributed by atoms with Crippen molar-refractivity contribution in [1.29, 1.82) is 0 Å². The number of nitrogens with two attached hydrogens (primary N) is 1. The maximum absolute atomic E-state index is 12.2. The van der Waals surface area contributed by atoms with Gasteiger partial charge in [-0.15, -0.1) is 0 Å². The van der Waals surface area contributed by atoms with E-state index in [-0.39, 0.29) is 17.4 Å². The molecule has 5 heteroatoms.